The van der Waals surface area contributed by atoms with Crippen molar-refractivity contribution in [2.24, 2.45) is 0 Å². The van der Waals surface area contributed by atoms with Gasteiger partial charge in [-0.15, -0.1) is 10.2 Å². The van der Waals surface area contributed by atoms with E-state index in [2.05, 4.69) is 26.7 Å². The largest absolute Gasteiger partial charge is 0.318 e. The Morgan fingerprint density at radius 1 is 1.25 bits per heavy atom. The molecule has 16 heavy (non-hydrogen) atoms. The second-order valence-electron chi connectivity index (χ2n) is 3.76. The molecule has 0 aliphatic rings. The van der Waals surface area contributed by atoms with Crippen molar-refractivity contribution in [1.82, 2.24) is 19.7 Å². The zero-order valence-corrected chi connectivity index (χ0v) is 9.50. The molecule has 0 aliphatic carbocycles. The van der Waals surface area contributed by atoms with E-state index in [1.807, 2.05) is 24.4 Å². The van der Waals surface area contributed by atoms with Crippen molar-refractivity contribution in [3.8, 4) is 0 Å². The summed E-state index contributed by atoms with van der Waals surface area (Å²) in [6, 6.07) is 5.99. The molecule has 2 heterocycles. The second kappa shape index (κ2) is 5.39. The highest BCUT2D eigenvalue weighted by Gasteiger charge is 2.03. The van der Waals surface area contributed by atoms with Crippen LogP contribution in [0.4, 0.5) is 0 Å². The molecule has 0 unspecified atom stereocenters. The van der Waals surface area contributed by atoms with Gasteiger partial charge in [-0.25, -0.2) is 0 Å². The number of pyridine rings is 1. The molecule has 4 heteroatoms. The number of hydrogen-bond donors (Lipinski definition) is 0. The third-order valence-corrected chi connectivity index (χ3v) is 2.49. The summed E-state index contributed by atoms with van der Waals surface area (Å²) in [6.07, 6.45) is 6.55. The van der Waals surface area contributed by atoms with Crippen LogP contribution in [-0.4, -0.2) is 19.7 Å². The maximum atomic E-state index is 4.30. The van der Waals surface area contributed by atoms with Gasteiger partial charge in [0.2, 0.25) is 0 Å². The number of rotatable bonds is 5. The molecule has 2 aromatic rings. The van der Waals surface area contributed by atoms with Crippen LogP contribution in [0.25, 0.3) is 0 Å². The quantitative estimate of drug-likeness (QED) is 0.766. The molecule has 0 aliphatic heterocycles. The van der Waals surface area contributed by atoms with E-state index in [-0.39, 0.29) is 0 Å². The molecule has 84 valence electrons. The number of nitrogens with zero attached hydrogens (tertiary/aromatic N) is 4. The number of aryl methyl sites for hydroxylation is 3. The van der Waals surface area contributed by atoms with Crippen molar-refractivity contribution in [3.05, 3.63) is 42.2 Å². The predicted molar refractivity (Wildman–Crippen MR) is 62.0 cm³/mol. The Kier molecular flexibility index (Phi) is 3.64. The summed E-state index contributed by atoms with van der Waals surface area (Å²) >= 11 is 0. The van der Waals surface area contributed by atoms with Crippen LogP contribution in [-0.2, 0) is 19.4 Å². The molecule has 2 aromatic heterocycles. The lowest BCUT2D eigenvalue weighted by Gasteiger charge is -2.04. The summed E-state index contributed by atoms with van der Waals surface area (Å²) in [6.45, 7) is 3.15. The van der Waals surface area contributed by atoms with Crippen molar-refractivity contribution >= 4 is 0 Å². The van der Waals surface area contributed by atoms with Crippen LogP contribution in [0.3, 0.4) is 0 Å². The summed E-state index contributed by atoms with van der Waals surface area (Å²) in [7, 11) is 0. The first-order valence-corrected chi connectivity index (χ1v) is 5.66. The van der Waals surface area contributed by atoms with Gasteiger partial charge in [0.1, 0.15) is 12.2 Å². The molecule has 0 spiro atoms. The molecule has 0 radical (unpaired) electrons. The fraction of sp³-hybridized carbons (Fsp3) is 0.417. The SMILES string of the molecule is CCCn1cnnc1CCc1ccccn1. The molecular formula is C12H16N4. The van der Waals surface area contributed by atoms with Gasteiger partial charge in [-0.1, -0.05) is 13.0 Å². The van der Waals surface area contributed by atoms with Gasteiger partial charge < -0.3 is 4.57 Å². The molecule has 0 atom stereocenters. The van der Waals surface area contributed by atoms with Crippen molar-refractivity contribution in [3.63, 3.8) is 0 Å². The van der Waals surface area contributed by atoms with E-state index in [0.717, 1.165) is 37.3 Å². The van der Waals surface area contributed by atoms with Gasteiger partial charge in [0.25, 0.3) is 0 Å². The normalized spacial score (nSPS) is 10.6. The Hall–Kier alpha value is -1.71. The highest BCUT2D eigenvalue weighted by molar-refractivity contribution is 5.05. The Labute approximate surface area is 95.4 Å². The van der Waals surface area contributed by atoms with Gasteiger partial charge in [-0.05, 0) is 25.0 Å². The van der Waals surface area contributed by atoms with Gasteiger partial charge in [0, 0.05) is 24.9 Å². The molecule has 0 saturated carbocycles. The van der Waals surface area contributed by atoms with Crippen LogP contribution in [0.15, 0.2) is 30.7 Å². The Bertz CT molecular complexity index is 422. The molecule has 0 fully saturated rings. The molecule has 2 rings (SSSR count). The smallest absolute Gasteiger partial charge is 0.133 e. The molecule has 0 aromatic carbocycles. The first-order valence-electron chi connectivity index (χ1n) is 5.66. The monoisotopic (exact) mass is 216 g/mol. The third kappa shape index (κ3) is 2.66. The minimum Gasteiger partial charge on any atom is -0.318 e. The van der Waals surface area contributed by atoms with Crippen molar-refractivity contribution in [1.29, 1.82) is 0 Å². The molecule has 4 nitrogen and oxygen atoms in total. The minimum atomic E-state index is 0.900. The lowest BCUT2D eigenvalue weighted by molar-refractivity contribution is 0.632. The fourth-order valence-electron chi connectivity index (χ4n) is 1.69. The predicted octanol–water partition coefficient (Wildman–Crippen LogP) is 1.87. The zero-order chi connectivity index (χ0) is 11.2. The van der Waals surface area contributed by atoms with E-state index in [0.29, 0.717) is 0 Å². The van der Waals surface area contributed by atoms with Gasteiger partial charge in [-0.3, -0.25) is 4.98 Å². The van der Waals surface area contributed by atoms with E-state index in [9.17, 15) is 0 Å². The maximum Gasteiger partial charge on any atom is 0.133 e. The van der Waals surface area contributed by atoms with E-state index < -0.39 is 0 Å². The zero-order valence-electron chi connectivity index (χ0n) is 9.50. The standard InChI is InChI=1S/C12H16N4/c1-2-9-16-10-14-15-12(16)7-6-11-5-3-4-8-13-11/h3-5,8,10H,2,6-7,9H2,1H3. The molecule has 0 N–H and O–H groups in total. The molecule has 0 amide bonds. The van der Waals surface area contributed by atoms with E-state index in [1.54, 1.807) is 6.33 Å². The van der Waals surface area contributed by atoms with Crippen LogP contribution in [0.5, 0.6) is 0 Å². The van der Waals surface area contributed by atoms with Gasteiger partial charge in [-0.2, -0.15) is 0 Å². The van der Waals surface area contributed by atoms with Gasteiger partial charge in [0.05, 0.1) is 0 Å². The highest BCUT2D eigenvalue weighted by atomic mass is 15.3. The van der Waals surface area contributed by atoms with Crippen LogP contribution in [0.2, 0.25) is 0 Å². The summed E-state index contributed by atoms with van der Waals surface area (Å²) in [5.74, 6) is 1.05. The van der Waals surface area contributed by atoms with Crippen molar-refractivity contribution in [2.75, 3.05) is 0 Å². The van der Waals surface area contributed by atoms with Gasteiger partial charge >= 0.3 is 0 Å². The third-order valence-electron chi connectivity index (χ3n) is 2.49. The first-order chi connectivity index (χ1) is 7.90. The summed E-state index contributed by atoms with van der Waals surface area (Å²) in [5, 5.41) is 8.08. The van der Waals surface area contributed by atoms with Crippen LogP contribution in [0.1, 0.15) is 24.9 Å². The van der Waals surface area contributed by atoms with E-state index >= 15 is 0 Å². The maximum absolute atomic E-state index is 4.30. The van der Waals surface area contributed by atoms with Gasteiger partial charge in [0.15, 0.2) is 0 Å². The lowest BCUT2D eigenvalue weighted by Crippen LogP contribution is -2.04. The lowest BCUT2D eigenvalue weighted by atomic mass is 10.2. The molecule has 0 bridgehead atoms. The van der Waals surface area contributed by atoms with E-state index in [1.165, 1.54) is 0 Å². The number of hydrogen-bond acceptors (Lipinski definition) is 3. The summed E-state index contributed by atoms with van der Waals surface area (Å²) in [4.78, 5) is 4.30. The van der Waals surface area contributed by atoms with E-state index in [4.69, 9.17) is 0 Å². The Balaban J connectivity index is 1.97. The Morgan fingerprint density at radius 3 is 2.94 bits per heavy atom. The Morgan fingerprint density at radius 2 is 2.19 bits per heavy atom. The van der Waals surface area contributed by atoms with Crippen molar-refractivity contribution in [2.45, 2.75) is 32.7 Å². The second-order valence-corrected chi connectivity index (χ2v) is 3.76. The summed E-state index contributed by atoms with van der Waals surface area (Å²) < 4.78 is 2.11. The average Bonchev–Trinajstić information content (AvgIpc) is 2.76. The molecular weight excluding hydrogens is 200 g/mol. The van der Waals surface area contributed by atoms with Crippen LogP contribution < -0.4 is 0 Å². The average molecular weight is 216 g/mol. The van der Waals surface area contributed by atoms with Crippen molar-refractivity contribution < 1.29 is 0 Å². The molecule has 0 saturated heterocycles. The summed E-state index contributed by atoms with van der Waals surface area (Å²) in [5.41, 5.74) is 1.11. The minimum absolute atomic E-state index is 0.900. The first kappa shape index (κ1) is 10.8. The topological polar surface area (TPSA) is 43.6 Å². The number of aromatic nitrogens is 4. The van der Waals surface area contributed by atoms with Crippen LogP contribution >= 0.6 is 0 Å². The van der Waals surface area contributed by atoms with Crippen LogP contribution in [0, 0.1) is 0 Å². The highest BCUT2D eigenvalue weighted by Crippen LogP contribution is 2.03. The fourth-order valence-corrected chi connectivity index (χ4v) is 1.69.